The average Bonchev–Trinajstić information content (AvgIpc) is 3.42. The van der Waals surface area contributed by atoms with Crippen LogP contribution in [0.2, 0.25) is 0 Å². The largest absolute Gasteiger partial charge is 0.469 e. The predicted octanol–water partition coefficient (Wildman–Crippen LogP) is 4.84. The molecule has 218 valence electrons. The third-order valence-corrected chi connectivity index (χ3v) is 12.7. The summed E-state index contributed by atoms with van der Waals surface area (Å²) in [7, 11) is 1.43. The van der Waals surface area contributed by atoms with Crippen LogP contribution in [0, 0.1) is 46.3 Å². The summed E-state index contributed by atoms with van der Waals surface area (Å²) in [6, 6.07) is 6.93. The summed E-state index contributed by atoms with van der Waals surface area (Å²) in [6.07, 6.45) is 5.98. The molecule has 7 nitrogen and oxygen atoms in total. The molecule has 0 saturated heterocycles. The highest BCUT2D eigenvalue weighted by molar-refractivity contribution is 6.21. The molecule has 0 unspecified atom stereocenters. The monoisotopic (exact) mass is 551 g/mol. The van der Waals surface area contributed by atoms with E-state index >= 15 is 0 Å². The Bertz CT molecular complexity index is 1160. The number of amides is 2. The van der Waals surface area contributed by atoms with Gasteiger partial charge in [0, 0.05) is 12.5 Å². The Labute approximate surface area is 237 Å². The topological polar surface area (TPSA) is 104 Å². The molecule has 1 aliphatic heterocycles. The van der Waals surface area contributed by atoms with Gasteiger partial charge in [-0.1, -0.05) is 32.9 Å². The van der Waals surface area contributed by atoms with Gasteiger partial charge < -0.3 is 14.9 Å². The van der Waals surface area contributed by atoms with Gasteiger partial charge in [0.2, 0.25) is 0 Å². The highest BCUT2D eigenvalue weighted by atomic mass is 16.5. The average molecular weight is 552 g/mol. The third kappa shape index (κ3) is 3.93. The van der Waals surface area contributed by atoms with E-state index < -0.39 is 12.2 Å². The van der Waals surface area contributed by atoms with Crippen LogP contribution in [-0.4, -0.2) is 58.3 Å². The van der Waals surface area contributed by atoms with Gasteiger partial charge in [0.25, 0.3) is 11.8 Å². The van der Waals surface area contributed by atoms with Crippen molar-refractivity contribution in [2.75, 3.05) is 7.11 Å². The van der Waals surface area contributed by atoms with Gasteiger partial charge in [0.1, 0.15) is 0 Å². The summed E-state index contributed by atoms with van der Waals surface area (Å²) in [4.78, 5) is 39.8. The van der Waals surface area contributed by atoms with Crippen LogP contribution in [0.25, 0.3) is 0 Å². The van der Waals surface area contributed by atoms with Crippen molar-refractivity contribution in [3.05, 3.63) is 35.4 Å². The van der Waals surface area contributed by atoms with Gasteiger partial charge in [-0.25, -0.2) is 0 Å². The van der Waals surface area contributed by atoms with E-state index in [1.807, 2.05) is 0 Å². The van der Waals surface area contributed by atoms with Gasteiger partial charge in [-0.3, -0.25) is 19.3 Å². The second-order valence-corrected chi connectivity index (χ2v) is 14.1. The number of rotatable bonds is 5. The maximum Gasteiger partial charge on any atom is 0.305 e. The number of methoxy groups -OCH3 is 1. The Balaban J connectivity index is 1.21. The Morgan fingerprint density at radius 3 is 2.35 bits per heavy atom. The van der Waals surface area contributed by atoms with Crippen LogP contribution in [0.3, 0.4) is 0 Å². The molecule has 0 spiro atoms. The lowest BCUT2D eigenvalue weighted by molar-refractivity contribution is -0.203. The number of hydrogen-bond donors (Lipinski definition) is 2. The molecule has 0 radical (unpaired) electrons. The summed E-state index contributed by atoms with van der Waals surface area (Å²) >= 11 is 0. The maximum atomic E-state index is 13.2. The van der Waals surface area contributed by atoms with Crippen molar-refractivity contribution in [1.29, 1.82) is 0 Å². The van der Waals surface area contributed by atoms with Crippen LogP contribution in [0.15, 0.2) is 24.3 Å². The maximum absolute atomic E-state index is 13.2. The van der Waals surface area contributed by atoms with E-state index in [9.17, 15) is 24.6 Å². The number of esters is 1. The minimum absolute atomic E-state index is 0.0457. The molecule has 6 rings (SSSR count). The van der Waals surface area contributed by atoms with E-state index in [-0.39, 0.29) is 58.3 Å². The van der Waals surface area contributed by atoms with Crippen molar-refractivity contribution >= 4 is 17.8 Å². The summed E-state index contributed by atoms with van der Waals surface area (Å²) < 4.78 is 4.87. The fourth-order valence-electron chi connectivity index (χ4n) is 10.6. The normalized spacial score (nSPS) is 43.0. The van der Waals surface area contributed by atoms with Crippen molar-refractivity contribution in [3.8, 4) is 0 Å². The first-order chi connectivity index (χ1) is 19.0. The zero-order chi connectivity index (χ0) is 28.6. The van der Waals surface area contributed by atoms with Gasteiger partial charge >= 0.3 is 5.97 Å². The van der Waals surface area contributed by atoms with E-state index in [0.717, 1.165) is 32.1 Å². The Hall–Kier alpha value is -2.25. The van der Waals surface area contributed by atoms with Gasteiger partial charge in [-0.2, -0.15) is 0 Å². The first-order valence-electron chi connectivity index (χ1n) is 15.4. The third-order valence-electron chi connectivity index (χ3n) is 12.7. The summed E-state index contributed by atoms with van der Waals surface area (Å²) in [5.74, 6) is 0.823. The molecule has 1 heterocycles. The standard InChI is InChI=1S/C33H45NO6/c1-18(9-12-28(37)40-4)23-10-11-24-29-25(17-27(36)33(23,24)3)32(2)14-13-20(15-19(32)16-26(29)35)34-30(38)21-7-5-6-8-22(21)31(34)39/h5-8,18-20,23-27,29,35-36H,9-17H2,1-4H3/t18-,19+,20+,23-,24+,25+,26-,27+,29+,32+,33-/m1/s1. The predicted molar refractivity (Wildman–Crippen MR) is 149 cm³/mol. The SMILES string of the molecule is COC(=O)CC[C@@H](C)[C@H]1CC[C@H]2[C@@H]3[C@H](O)C[C@@H]4C[C@@H](N5C(=O)c6ccccc6C5=O)CC[C@]4(C)[C@H]3C[C@H](O)[C@]12C. The molecule has 5 aliphatic rings. The Morgan fingerprint density at radius 1 is 1.02 bits per heavy atom. The number of carbonyl (C=O) groups is 3. The van der Waals surface area contributed by atoms with E-state index in [1.54, 1.807) is 24.3 Å². The summed E-state index contributed by atoms with van der Waals surface area (Å²) in [6.45, 7) is 6.79. The molecular weight excluding hydrogens is 506 g/mol. The van der Waals surface area contributed by atoms with E-state index in [4.69, 9.17) is 4.74 Å². The lowest BCUT2D eigenvalue weighted by Gasteiger charge is -2.64. The van der Waals surface area contributed by atoms with Gasteiger partial charge in [0.05, 0.1) is 30.4 Å². The highest BCUT2D eigenvalue weighted by Crippen LogP contribution is 2.68. The highest BCUT2D eigenvalue weighted by Gasteiger charge is 2.66. The molecule has 4 fully saturated rings. The van der Waals surface area contributed by atoms with E-state index in [1.165, 1.54) is 12.0 Å². The van der Waals surface area contributed by atoms with Gasteiger partial charge in [0.15, 0.2) is 0 Å². The minimum Gasteiger partial charge on any atom is -0.469 e. The zero-order valence-electron chi connectivity index (χ0n) is 24.3. The summed E-state index contributed by atoms with van der Waals surface area (Å²) in [5.41, 5.74) is 0.667. The van der Waals surface area contributed by atoms with Crippen LogP contribution in [0.4, 0.5) is 0 Å². The molecule has 0 bridgehead atoms. The molecule has 4 saturated carbocycles. The van der Waals surface area contributed by atoms with Crippen molar-refractivity contribution in [2.45, 2.75) is 96.8 Å². The number of imide groups is 1. The fourth-order valence-corrected chi connectivity index (χ4v) is 10.6. The molecule has 1 aromatic carbocycles. The first kappa shape index (κ1) is 27.9. The summed E-state index contributed by atoms with van der Waals surface area (Å²) in [5, 5.41) is 23.6. The minimum atomic E-state index is -0.455. The van der Waals surface area contributed by atoms with Crippen molar-refractivity contribution < 1.29 is 29.3 Å². The van der Waals surface area contributed by atoms with Crippen molar-refractivity contribution in [1.82, 2.24) is 4.90 Å². The van der Waals surface area contributed by atoms with Crippen LogP contribution in [-0.2, 0) is 9.53 Å². The molecule has 7 heteroatoms. The lowest BCUT2D eigenvalue weighted by Crippen LogP contribution is -2.63. The molecule has 1 aromatic rings. The van der Waals surface area contributed by atoms with Crippen molar-refractivity contribution in [2.24, 2.45) is 46.3 Å². The van der Waals surface area contributed by atoms with E-state index in [0.29, 0.717) is 48.6 Å². The number of carbonyl (C=O) groups excluding carboxylic acids is 3. The molecule has 2 amide bonds. The fraction of sp³-hybridized carbons (Fsp3) is 0.727. The van der Waals surface area contributed by atoms with Crippen LogP contribution in [0.1, 0.15) is 99.3 Å². The Kier molecular flexibility index (Phi) is 6.93. The number of hydrogen-bond acceptors (Lipinski definition) is 6. The molecule has 11 atom stereocenters. The number of ether oxygens (including phenoxy) is 1. The van der Waals surface area contributed by atoms with E-state index in [2.05, 4.69) is 20.8 Å². The lowest BCUT2D eigenvalue weighted by atomic mass is 9.43. The molecule has 2 N–H and O–H groups in total. The number of aliphatic hydroxyl groups excluding tert-OH is 2. The van der Waals surface area contributed by atoms with Crippen LogP contribution in [0.5, 0.6) is 0 Å². The zero-order valence-corrected chi connectivity index (χ0v) is 24.3. The number of nitrogens with zero attached hydrogens (tertiary/aromatic N) is 1. The number of benzene rings is 1. The van der Waals surface area contributed by atoms with Crippen molar-refractivity contribution in [3.63, 3.8) is 0 Å². The second-order valence-electron chi connectivity index (χ2n) is 14.1. The molecular formula is C33H45NO6. The Morgan fingerprint density at radius 2 is 1.70 bits per heavy atom. The van der Waals surface area contributed by atoms with Gasteiger partial charge in [-0.15, -0.1) is 0 Å². The molecule has 0 aromatic heterocycles. The quantitative estimate of drug-likeness (QED) is 0.401. The second kappa shape index (κ2) is 9.94. The number of aliphatic hydroxyl groups is 2. The number of fused-ring (bicyclic) bond motifs is 6. The molecule has 40 heavy (non-hydrogen) atoms. The molecule has 4 aliphatic carbocycles. The van der Waals surface area contributed by atoms with Gasteiger partial charge in [-0.05, 0) is 110 Å². The van der Waals surface area contributed by atoms with Crippen LogP contribution >= 0.6 is 0 Å². The van der Waals surface area contributed by atoms with Crippen LogP contribution < -0.4 is 0 Å². The first-order valence-corrected chi connectivity index (χ1v) is 15.4. The smallest absolute Gasteiger partial charge is 0.305 e.